The topological polar surface area (TPSA) is 44.8 Å². The van der Waals surface area contributed by atoms with Gasteiger partial charge in [0.25, 0.3) is 0 Å². The highest BCUT2D eigenvalue weighted by molar-refractivity contribution is 7.96. The van der Waals surface area contributed by atoms with Crippen LogP contribution in [0.3, 0.4) is 0 Å². The first-order chi connectivity index (χ1) is 5.77. The number of rotatable bonds is 7. The van der Waals surface area contributed by atoms with E-state index in [2.05, 4.69) is 17.4 Å². The summed E-state index contributed by atoms with van der Waals surface area (Å²) in [5, 5.41) is -0.580. The number of hydrogen-bond donors (Lipinski definition) is 1. The number of carbonyl (C=O) groups excluding carboxylic acids is 1. The fourth-order valence-corrected chi connectivity index (χ4v) is 0.643. The molecule has 0 bridgehead atoms. The second-order valence-electron chi connectivity index (χ2n) is 1.92. The summed E-state index contributed by atoms with van der Waals surface area (Å²) in [7, 11) is 0. The third kappa shape index (κ3) is 9.74. The molecule has 0 unspecified atom stereocenters. The van der Waals surface area contributed by atoms with Gasteiger partial charge in [0, 0.05) is 6.61 Å². The van der Waals surface area contributed by atoms with E-state index in [-0.39, 0.29) is 6.61 Å². The molecule has 0 aromatic rings. The zero-order valence-electron chi connectivity index (χ0n) is 7.12. The average Bonchev–Trinajstić information content (AvgIpc) is 2.02. The van der Waals surface area contributed by atoms with Crippen LogP contribution in [0.25, 0.3) is 0 Å². The van der Waals surface area contributed by atoms with E-state index in [1.54, 1.807) is 0 Å². The largest absolute Gasteiger partial charge is 0.455 e. The Morgan fingerprint density at radius 1 is 1.17 bits per heavy atom. The predicted molar refractivity (Wildman–Crippen MR) is 47.6 cm³/mol. The summed E-state index contributed by atoms with van der Waals surface area (Å²) >= 11 is 3.42. The molecule has 0 saturated heterocycles. The number of carbonyl (C=O) groups is 1. The lowest BCUT2D eigenvalue weighted by atomic mass is 10.7. The summed E-state index contributed by atoms with van der Waals surface area (Å²) in [5.41, 5.74) is 0. The lowest BCUT2D eigenvalue weighted by Gasteiger charge is -2.03. The molecule has 0 saturated carbocycles. The van der Waals surface area contributed by atoms with Gasteiger partial charge in [0.15, 0.2) is 0 Å². The Hall–Kier alpha value is -0.260. The van der Waals surface area contributed by atoms with Gasteiger partial charge in [-0.15, -0.1) is 0 Å². The van der Waals surface area contributed by atoms with Gasteiger partial charge in [-0.05, 0) is 6.92 Å². The summed E-state index contributed by atoms with van der Waals surface area (Å²) in [6.07, 6.45) is 0. The van der Waals surface area contributed by atoms with Gasteiger partial charge in [0.2, 0.25) is 0 Å². The lowest BCUT2D eigenvalue weighted by molar-refractivity contribution is 0.0350. The van der Waals surface area contributed by atoms with Crippen molar-refractivity contribution in [1.82, 2.24) is 0 Å². The Labute approximate surface area is 77.6 Å². The van der Waals surface area contributed by atoms with Crippen LogP contribution in [0.2, 0.25) is 0 Å². The van der Waals surface area contributed by atoms with Crippen molar-refractivity contribution in [2.45, 2.75) is 6.92 Å². The molecule has 0 aliphatic carbocycles. The summed E-state index contributed by atoms with van der Waals surface area (Å²) in [6, 6.07) is 0. The van der Waals surface area contributed by atoms with Crippen LogP contribution in [-0.2, 0) is 14.2 Å². The van der Waals surface area contributed by atoms with Gasteiger partial charge in [-0.1, -0.05) is 12.6 Å². The highest BCUT2D eigenvalue weighted by atomic mass is 32.1. The summed E-state index contributed by atoms with van der Waals surface area (Å²) < 4.78 is 14.6. The molecule has 12 heavy (non-hydrogen) atoms. The van der Waals surface area contributed by atoms with Crippen molar-refractivity contribution >= 4 is 17.9 Å². The van der Waals surface area contributed by atoms with Crippen molar-refractivity contribution in [2.75, 3.05) is 33.0 Å². The molecule has 0 aromatic heterocycles. The minimum Gasteiger partial charge on any atom is -0.455 e. The van der Waals surface area contributed by atoms with E-state index in [4.69, 9.17) is 9.47 Å². The first-order valence-corrected chi connectivity index (χ1v) is 4.23. The molecular formula is C7H14O4S. The summed E-state index contributed by atoms with van der Waals surface area (Å²) in [4.78, 5) is 10.1. The third-order valence-corrected chi connectivity index (χ3v) is 1.16. The van der Waals surface area contributed by atoms with Gasteiger partial charge in [-0.3, -0.25) is 0 Å². The molecule has 0 aliphatic rings. The highest BCUT2D eigenvalue weighted by Crippen LogP contribution is 1.86. The van der Waals surface area contributed by atoms with Crippen LogP contribution in [0.1, 0.15) is 6.92 Å². The van der Waals surface area contributed by atoms with Crippen molar-refractivity contribution in [3.05, 3.63) is 0 Å². The molecule has 0 N–H and O–H groups in total. The maximum Gasteiger partial charge on any atom is 0.364 e. The second-order valence-corrected chi connectivity index (χ2v) is 2.29. The molecule has 5 heteroatoms. The van der Waals surface area contributed by atoms with Crippen molar-refractivity contribution in [2.24, 2.45) is 0 Å². The number of hydrogen-bond acceptors (Lipinski definition) is 4. The van der Waals surface area contributed by atoms with Gasteiger partial charge in [-0.25, -0.2) is 4.79 Å². The lowest BCUT2D eigenvalue weighted by Crippen LogP contribution is -2.09. The maximum absolute atomic E-state index is 10.1. The first-order valence-electron chi connectivity index (χ1n) is 3.78. The predicted octanol–water partition coefficient (Wildman–Crippen LogP) is 1.11. The van der Waals surface area contributed by atoms with E-state index in [9.17, 15) is 4.79 Å². The molecule has 0 amide bonds. The van der Waals surface area contributed by atoms with Crippen LogP contribution in [0.4, 0.5) is 4.79 Å². The van der Waals surface area contributed by atoms with E-state index in [0.29, 0.717) is 26.4 Å². The summed E-state index contributed by atoms with van der Waals surface area (Å²) in [5.74, 6) is 0. The standard InChI is InChI=1S/C7H14O4S/c1-2-9-3-4-10-5-6-11-7(8)12/h2-6H2,1H3,(H,8,12). The fourth-order valence-electron chi connectivity index (χ4n) is 0.552. The molecule has 0 spiro atoms. The van der Waals surface area contributed by atoms with Crippen molar-refractivity contribution < 1.29 is 19.0 Å². The minimum atomic E-state index is -0.580. The van der Waals surface area contributed by atoms with Gasteiger partial charge < -0.3 is 14.2 Å². The van der Waals surface area contributed by atoms with Crippen molar-refractivity contribution in [3.63, 3.8) is 0 Å². The number of thiol groups is 1. The van der Waals surface area contributed by atoms with Crippen LogP contribution in [0, 0.1) is 0 Å². The Kier molecular flexibility index (Phi) is 8.64. The summed E-state index contributed by atoms with van der Waals surface area (Å²) in [6.45, 7) is 4.34. The molecular weight excluding hydrogens is 180 g/mol. The normalized spacial score (nSPS) is 9.83. The second kappa shape index (κ2) is 8.83. The van der Waals surface area contributed by atoms with Gasteiger partial charge in [-0.2, -0.15) is 0 Å². The Balaban J connectivity index is 2.86. The monoisotopic (exact) mass is 194 g/mol. The minimum absolute atomic E-state index is 0.245. The van der Waals surface area contributed by atoms with Crippen LogP contribution < -0.4 is 0 Å². The van der Waals surface area contributed by atoms with E-state index in [0.717, 1.165) is 0 Å². The highest BCUT2D eigenvalue weighted by Gasteiger charge is 1.92. The van der Waals surface area contributed by atoms with Gasteiger partial charge in [0.05, 0.1) is 19.8 Å². The van der Waals surface area contributed by atoms with E-state index in [1.165, 1.54) is 0 Å². The Morgan fingerprint density at radius 2 is 1.75 bits per heavy atom. The molecule has 0 atom stereocenters. The quantitative estimate of drug-likeness (QED) is 0.374. The SMILES string of the molecule is CCOCCOCCOC(=O)S. The van der Waals surface area contributed by atoms with Gasteiger partial charge >= 0.3 is 5.30 Å². The van der Waals surface area contributed by atoms with Crippen molar-refractivity contribution in [3.8, 4) is 0 Å². The Bertz CT molecular complexity index is 118. The molecule has 0 aliphatic heterocycles. The van der Waals surface area contributed by atoms with E-state index >= 15 is 0 Å². The maximum atomic E-state index is 10.1. The fraction of sp³-hybridized carbons (Fsp3) is 0.857. The van der Waals surface area contributed by atoms with Crippen LogP contribution in [-0.4, -0.2) is 38.3 Å². The zero-order valence-corrected chi connectivity index (χ0v) is 8.01. The van der Waals surface area contributed by atoms with E-state index in [1.807, 2.05) is 6.92 Å². The molecule has 0 heterocycles. The molecule has 0 aromatic carbocycles. The van der Waals surface area contributed by atoms with Crippen LogP contribution >= 0.6 is 12.6 Å². The van der Waals surface area contributed by atoms with Crippen LogP contribution in [0.5, 0.6) is 0 Å². The molecule has 4 nitrogen and oxygen atoms in total. The first kappa shape index (κ1) is 11.7. The molecule has 72 valence electrons. The van der Waals surface area contributed by atoms with Gasteiger partial charge in [0.1, 0.15) is 6.61 Å². The van der Waals surface area contributed by atoms with E-state index < -0.39 is 5.30 Å². The average molecular weight is 194 g/mol. The molecule has 0 fully saturated rings. The smallest absolute Gasteiger partial charge is 0.364 e. The molecule has 0 radical (unpaired) electrons. The molecule has 0 rings (SSSR count). The zero-order chi connectivity index (χ0) is 9.23. The van der Waals surface area contributed by atoms with Crippen LogP contribution in [0.15, 0.2) is 0 Å². The number of ether oxygens (including phenoxy) is 3. The third-order valence-electron chi connectivity index (χ3n) is 1.03. The van der Waals surface area contributed by atoms with Crippen molar-refractivity contribution in [1.29, 1.82) is 0 Å². The Morgan fingerprint density at radius 3 is 2.33 bits per heavy atom.